The summed E-state index contributed by atoms with van der Waals surface area (Å²) >= 11 is 0. The Labute approximate surface area is 119 Å². The number of nitrogens with zero attached hydrogens (tertiary/aromatic N) is 4. The van der Waals surface area contributed by atoms with E-state index in [1.54, 1.807) is 6.20 Å². The van der Waals surface area contributed by atoms with Gasteiger partial charge in [-0.3, -0.25) is 0 Å². The molecule has 3 rings (SSSR count). The molecule has 0 radical (unpaired) electrons. The normalized spacial score (nSPS) is 22.9. The third-order valence-electron chi connectivity index (χ3n) is 4.29. The molecule has 20 heavy (non-hydrogen) atoms. The SMILES string of the molecule is CC1CCCC(N(C)c2nc(NN)cn3ccnc23)C1. The molecule has 0 saturated heterocycles. The van der Waals surface area contributed by atoms with Crippen molar-refractivity contribution < 1.29 is 0 Å². The predicted octanol–water partition coefficient (Wildman–Crippen LogP) is 2.03. The van der Waals surface area contributed by atoms with Gasteiger partial charge in [0.2, 0.25) is 0 Å². The lowest BCUT2D eigenvalue weighted by Gasteiger charge is -2.35. The largest absolute Gasteiger partial charge is 0.354 e. The average molecular weight is 274 g/mol. The fourth-order valence-corrected chi connectivity index (χ4v) is 3.15. The molecule has 3 N–H and O–H groups in total. The minimum absolute atomic E-state index is 0.528. The van der Waals surface area contributed by atoms with E-state index in [1.807, 2.05) is 16.8 Å². The van der Waals surface area contributed by atoms with Gasteiger partial charge in [-0.15, -0.1) is 0 Å². The standard InChI is InChI=1S/C14H22N6/c1-10-4-3-5-11(8-10)19(2)14-13-16-6-7-20(13)9-12(17-14)18-15/h6-7,9-11,18H,3-5,8,15H2,1-2H3. The number of rotatable bonds is 3. The summed E-state index contributed by atoms with van der Waals surface area (Å²) in [5, 5.41) is 0. The van der Waals surface area contributed by atoms with Crippen molar-refractivity contribution in [3.63, 3.8) is 0 Å². The van der Waals surface area contributed by atoms with Gasteiger partial charge in [0, 0.05) is 25.5 Å². The van der Waals surface area contributed by atoms with Gasteiger partial charge in [0.05, 0.1) is 6.20 Å². The highest BCUT2D eigenvalue weighted by Gasteiger charge is 2.25. The number of hydrogen-bond donors (Lipinski definition) is 2. The Kier molecular flexibility index (Phi) is 3.48. The van der Waals surface area contributed by atoms with Crippen molar-refractivity contribution in [3.8, 4) is 0 Å². The van der Waals surface area contributed by atoms with Gasteiger partial charge < -0.3 is 14.7 Å². The maximum Gasteiger partial charge on any atom is 0.180 e. The molecule has 1 fully saturated rings. The van der Waals surface area contributed by atoms with E-state index in [4.69, 9.17) is 5.84 Å². The molecule has 0 amide bonds. The van der Waals surface area contributed by atoms with Crippen molar-refractivity contribution in [2.75, 3.05) is 17.4 Å². The maximum atomic E-state index is 5.51. The Hall–Kier alpha value is -1.82. The van der Waals surface area contributed by atoms with Gasteiger partial charge in [0.15, 0.2) is 17.3 Å². The number of hydrazine groups is 1. The number of anilines is 2. The molecule has 2 atom stereocenters. The van der Waals surface area contributed by atoms with Gasteiger partial charge in [-0.25, -0.2) is 15.8 Å². The highest BCUT2D eigenvalue weighted by molar-refractivity contribution is 5.66. The minimum Gasteiger partial charge on any atom is -0.354 e. The third kappa shape index (κ3) is 2.31. The molecule has 0 aromatic carbocycles. The Morgan fingerprint density at radius 1 is 1.45 bits per heavy atom. The van der Waals surface area contributed by atoms with E-state index >= 15 is 0 Å². The van der Waals surface area contributed by atoms with Crippen LogP contribution in [0.15, 0.2) is 18.6 Å². The van der Waals surface area contributed by atoms with E-state index in [0.717, 1.165) is 17.4 Å². The van der Waals surface area contributed by atoms with E-state index in [-0.39, 0.29) is 0 Å². The summed E-state index contributed by atoms with van der Waals surface area (Å²) in [6, 6.07) is 0.528. The zero-order valence-electron chi connectivity index (χ0n) is 12.1. The monoisotopic (exact) mass is 274 g/mol. The van der Waals surface area contributed by atoms with Crippen molar-refractivity contribution >= 4 is 17.3 Å². The first-order chi connectivity index (χ1) is 9.69. The van der Waals surface area contributed by atoms with Gasteiger partial charge >= 0.3 is 0 Å². The lowest BCUT2D eigenvalue weighted by atomic mass is 9.86. The van der Waals surface area contributed by atoms with Crippen LogP contribution in [0.5, 0.6) is 0 Å². The lowest BCUT2D eigenvalue weighted by molar-refractivity contribution is 0.336. The van der Waals surface area contributed by atoms with Crippen LogP contribution in [0, 0.1) is 5.92 Å². The Morgan fingerprint density at radius 2 is 2.30 bits per heavy atom. The summed E-state index contributed by atoms with van der Waals surface area (Å²) in [6.45, 7) is 2.33. The second-order valence-electron chi connectivity index (χ2n) is 5.79. The fourth-order valence-electron chi connectivity index (χ4n) is 3.15. The summed E-state index contributed by atoms with van der Waals surface area (Å²) in [4.78, 5) is 11.3. The van der Waals surface area contributed by atoms with Crippen LogP contribution >= 0.6 is 0 Å². The van der Waals surface area contributed by atoms with E-state index in [2.05, 4.69) is 34.3 Å². The van der Waals surface area contributed by atoms with E-state index in [9.17, 15) is 0 Å². The van der Waals surface area contributed by atoms with Gasteiger partial charge in [0.25, 0.3) is 0 Å². The molecule has 2 unspecified atom stereocenters. The first-order valence-electron chi connectivity index (χ1n) is 7.22. The number of imidazole rings is 1. The molecular formula is C14H22N6. The van der Waals surface area contributed by atoms with Crippen molar-refractivity contribution in [3.05, 3.63) is 18.6 Å². The molecule has 2 aromatic heterocycles. The molecular weight excluding hydrogens is 252 g/mol. The van der Waals surface area contributed by atoms with E-state index in [1.165, 1.54) is 25.7 Å². The number of nitrogens with one attached hydrogen (secondary N) is 1. The minimum atomic E-state index is 0.528. The number of nitrogen functional groups attached to an aromatic ring is 1. The first-order valence-corrected chi connectivity index (χ1v) is 7.22. The topological polar surface area (TPSA) is 71.5 Å². The second kappa shape index (κ2) is 5.28. The average Bonchev–Trinajstić information content (AvgIpc) is 2.93. The van der Waals surface area contributed by atoms with Gasteiger partial charge in [-0.05, 0) is 18.8 Å². The first kappa shape index (κ1) is 13.2. The number of aromatic nitrogens is 3. The summed E-state index contributed by atoms with van der Waals surface area (Å²) in [5.74, 6) is 7.84. The molecule has 0 bridgehead atoms. The van der Waals surface area contributed by atoms with Crippen LogP contribution in [-0.4, -0.2) is 27.5 Å². The quantitative estimate of drug-likeness (QED) is 0.662. The summed E-state index contributed by atoms with van der Waals surface area (Å²) in [6.07, 6.45) is 10.6. The van der Waals surface area contributed by atoms with Crippen LogP contribution < -0.4 is 16.2 Å². The predicted molar refractivity (Wildman–Crippen MR) is 80.6 cm³/mol. The number of nitrogens with two attached hydrogens (primary N) is 1. The van der Waals surface area contributed by atoms with Gasteiger partial charge in [-0.2, -0.15) is 0 Å². The van der Waals surface area contributed by atoms with Crippen LogP contribution in [0.3, 0.4) is 0 Å². The van der Waals surface area contributed by atoms with Crippen molar-refractivity contribution in [2.24, 2.45) is 11.8 Å². The molecule has 1 saturated carbocycles. The maximum absolute atomic E-state index is 5.51. The van der Waals surface area contributed by atoms with Crippen molar-refractivity contribution in [1.82, 2.24) is 14.4 Å². The van der Waals surface area contributed by atoms with E-state index < -0.39 is 0 Å². The molecule has 2 heterocycles. The number of hydrogen-bond acceptors (Lipinski definition) is 5. The molecule has 108 valence electrons. The molecule has 1 aliphatic carbocycles. The molecule has 6 nitrogen and oxygen atoms in total. The molecule has 2 aromatic rings. The van der Waals surface area contributed by atoms with Crippen LogP contribution in [0.4, 0.5) is 11.6 Å². The van der Waals surface area contributed by atoms with Crippen LogP contribution in [0.1, 0.15) is 32.6 Å². The zero-order valence-corrected chi connectivity index (χ0v) is 12.1. The molecule has 1 aliphatic rings. The highest BCUT2D eigenvalue weighted by Crippen LogP contribution is 2.30. The third-order valence-corrected chi connectivity index (χ3v) is 4.29. The second-order valence-corrected chi connectivity index (χ2v) is 5.79. The molecule has 0 aliphatic heterocycles. The molecule has 0 spiro atoms. The summed E-state index contributed by atoms with van der Waals surface area (Å²) < 4.78 is 1.96. The molecule has 6 heteroatoms. The van der Waals surface area contributed by atoms with Crippen molar-refractivity contribution in [2.45, 2.75) is 38.6 Å². The summed E-state index contributed by atoms with van der Waals surface area (Å²) in [5.41, 5.74) is 3.51. The van der Waals surface area contributed by atoms with E-state index in [0.29, 0.717) is 11.9 Å². The van der Waals surface area contributed by atoms with Crippen molar-refractivity contribution in [1.29, 1.82) is 0 Å². The Bertz CT molecular complexity index is 592. The summed E-state index contributed by atoms with van der Waals surface area (Å²) in [7, 11) is 2.11. The van der Waals surface area contributed by atoms with Crippen LogP contribution in [-0.2, 0) is 0 Å². The Morgan fingerprint density at radius 3 is 3.05 bits per heavy atom. The lowest BCUT2D eigenvalue weighted by Crippen LogP contribution is -2.36. The number of fused-ring (bicyclic) bond motifs is 1. The van der Waals surface area contributed by atoms with Crippen LogP contribution in [0.2, 0.25) is 0 Å². The smallest absolute Gasteiger partial charge is 0.180 e. The van der Waals surface area contributed by atoms with Crippen LogP contribution in [0.25, 0.3) is 5.65 Å². The van der Waals surface area contributed by atoms with Gasteiger partial charge in [0.1, 0.15) is 0 Å². The Balaban J connectivity index is 1.97. The highest BCUT2D eigenvalue weighted by atomic mass is 15.3. The zero-order chi connectivity index (χ0) is 14.1. The fraction of sp³-hybridized carbons (Fsp3) is 0.571. The van der Waals surface area contributed by atoms with Gasteiger partial charge in [-0.1, -0.05) is 19.8 Å².